The highest BCUT2D eigenvalue weighted by molar-refractivity contribution is 6.04. The van der Waals surface area contributed by atoms with Crippen molar-refractivity contribution < 1.29 is 28.2 Å². The number of carbonyl (C=O) groups excluding carboxylic acids is 3. The fourth-order valence-corrected chi connectivity index (χ4v) is 4.25. The van der Waals surface area contributed by atoms with E-state index < -0.39 is 24.1 Å². The van der Waals surface area contributed by atoms with Crippen molar-refractivity contribution in [2.75, 3.05) is 12.4 Å². The van der Waals surface area contributed by atoms with Gasteiger partial charge in [-0.3, -0.25) is 14.5 Å². The molecule has 0 radical (unpaired) electrons. The topological polar surface area (TPSA) is 97.0 Å². The van der Waals surface area contributed by atoms with Gasteiger partial charge in [0, 0.05) is 17.3 Å². The molecule has 1 heterocycles. The van der Waals surface area contributed by atoms with E-state index in [1.54, 1.807) is 31.4 Å². The van der Waals surface area contributed by atoms with Gasteiger partial charge in [0.25, 0.3) is 5.91 Å². The lowest BCUT2D eigenvalue weighted by Crippen LogP contribution is -2.46. The first kappa shape index (κ1) is 24.3. The molecular formula is C28H26FN3O5. The van der Waals surface area contributed by atoms with E-state index in [2.05, 4.69) is 10.6 Å². The Hall–Kier alpha value is -4.40. The molecule has 1 aliphatic carbocycles. The molecule has 0 spiro atoms. The highest BCUT2D eigenvalue weighted by atomic mass is 19.1. The number of methoxy groups -OCH3 is 1. The van der Waals surface area contributed by atoms with Gasteiger partial charge in [-0.1, -0.05) is 24.3 Å². The highest BCUT2D eigenvalue weighted by Crippen LogP contribution is 2.35. The fourth-order valence-electron chi connectivity index (χ4n) is 4.25. The van der Waals surface area contributed by atoms with Crippen molar-refractivity contribution >= 4 is 23.6 Å². The average Bonchev–Trinajstić information content (AvgIpc) is 3.66. The molecule has 5 rings (SSSR count). The van der Waals surface area contributed by atoms with Gasteiger partial charge in [0.05, 0.1) is 13.7 Å². The molecule has 2 aliphatic rings. The summed E-state index contributed by atoms with van der Waals surface area (Å²) in [5.41, 5.74) is 2.26. The number of benzene rings is 3. The highest BCUT2D eigenvalue weighted by Gasteiger charge is 2.47. The molecule has 1 saturated carbocycles. The normalized spacial score (nSPS) is 18.8. The molecule has 2 atom stereocenters. The number of amides is 3. The Morgan fingerprint density at radius 1 is 1.05 bits per heavy atom. The van der Waals surface area contributed by atoms with Crippen molar-refractivity contribution in [2.45, 2.75) is 37.6 Å². The van der Waals surface area contributed by atoms with Crippen molar-refractivity contribution in [3.63, 3.8) is 0 Å². The molecular weight excluding hydrogens is 477 g/mol. The predicted octanol–water partition coefficient (Wildman–Crippen LogP) is 4.43. The number of ether oxygens (including phenoxy) is 2. The number of hydrogen-bond acceptors (Lipinski definition) is 5. The smallest absolute Gasteiger partial charge is 0.411 e. The Balaban J connectivity index is 1.35. The lowest BCUT2D eigenvalue weighted by Gasteiger charge is -2.24. The van der Waals surface area contributed by atoms with Crippen LogP contribution in [0.15, 0.2) is 72.8 Å². The minimum atomic E-state index is -0.862. The maximum absolute atomic E-state index is 13.2. The number of nitrogens with one attached hydrogen (secondary N) is 2. The zero-order valence-corrected chi connectivity index (χ0v) is 20.1. The van der Waals surface area contributed by atoms with Crippen LogP contribution in [0, 0.1) is 5.82 Å². The van der Waals surface area contributed by atoms with Crippen molar-refractivity contribution in [3.8, 4) is 5.75 Å². The van der Waals surface area contributed by atoms with E-state index in [-0.39, 0.29) is 24.4 Å². The number of cyclic esters (lactones) is 1. The number of halogens is 1. The van der Waals surface area contributed by atoms with Gasteiger partial charge in [0.2, 0.25) is 5.91 Å². The van der Waals surface area contributed by atoms with Gasteiger partial charge in [-0.25, -0.2) is 9.18 Å². The van der Waals surface area contributed by atoms with E-state index in [9.17, 15) is 18.8 Å². The largest absolute Gasteiger partial charge is 0.497 e. The molecule has 190 valence electrons. The molecule has 2 fully saturated rings. The van der Waals surface area contributed by atoms with Gasteiger partial charge in [0.15, 0.2) is 12.1 Å². The molecule has 3 aromatic carbocycles. The Bertz CT molecular complexity index is 1310. The molecule has 3 amide bonds. The second-order valence-corrected chi connectivity index (χ2v) is 9.09. The Morgan fingerprint density at radius 2 is 1.78 bits per heavy atom. The SMILES string of the molecule is COc1cccc(CN2C(=O)OC(c3ccc(NC(=O)c4ccc(F)cc4)cc3)C2C(=O)NC2CC2)c1. The third kappa shape index (κ3) is 5.55. The third-order valence-electron chi connectivity index (χ3n) is 6.37. The standard InChI is InChI=1S/C28H26FN3O5/c1-36-23-4-2-3-17(15-23)16-32-24(27(34)31-22-13-14-22)25(37-28(32)35)18-7-11-21(12-8-18)30-26(33)19-5-9-20(29)10-6-19/h2-12,15,22,24-25H,13-14,16H2,1H3,(H,30,33)(H,31,34). The summed E-state index contributed by atoms with van der Waals surface area (Å²) in [5.74, 6) is -0.423. The van der Waals surface area contributed by atoms with Crippen molar-refractivity contribution in [2.24, 2.45) is 0 Å². The number of anilines is 1. The van der Waals surface area contributed by atoms with E-state index in [4.69, 9.17) is 9.47 Å². The molecule has 0 aromatic heterocycles. The van der Waals surface area contributed by atoms with E-state index >= 15 is 0 Å². The quantitative estimate of drug-likeness (QED) is 0.474. The molecule has 9 heteroatoms. The minimum absolute atomic E-state index is 0.117. The summed E-state index contributed by atoms with van der Waals surface area (Å²) in [6.45, 7) is 0.182. The molecule has 8 nitrogen and oxygen atoms in total. The Labute approximate surface area is 213 Å². The van der Waals surface area contributed by atoms with E-state index in [0.717, 1.165) is 18.4 Å². The maximum atomic E-state index is 13.2. The number of carbonyl (C=O) groups is 3. The lowest BCUT2D eigenvalue weighted by atomic mass is 10.00. The maximum Gasteiger partial charge on any atom is 0.411 e. The molecule has 1 saturated heterocycles. The van der Waals surface area contributed by atoms with Crippen LogP contribution in [-0.2, 0) is 16.1 Å². The summed E-state index contributed by atoms with van der Waals surface area (Å²) < 4.78 is 24.1. The van der Waals surface area contributed by atoms with Gasteiger partial charge in [0.1, 0.15) is 11.6 Å². The summed E-state index contributed by atoms with van der Waals surface area (Å²) in [7, 11) is 1.57. The fraction of sp³-hybridized carbons (Fsp3) is 0.250. The van der Waals surface area contributed by atoms with Crippen LogP contribution in [0.3, 0.4) is 0 Å². The summed E-state index contributed by atoms with van der Waals surface area (Å²) in [6.07, 6.45) is 0.420. The summed E-state index contributed by atoms with van der Waals surface area (Å²) in [6, 6.07) is 18.6. The van der Waals surface area contributed by atoms with Gasteiger partial charge < -0.3 is 20.1 Å². The predicted molar refractivity (Wildman–Crippen MR) is 134 cm³/mol. The van der Waals surface area contributed by atoms with Crippen LogP contribution in [0.1, 0.15) is 40.4 Å². The van der Waals surface area contributed by atoms with Crippen molar-refractivity contribution in [3.05, 3.63) is 95.3 Å². The van der Waals surface area contributed by atoms with Crippen LogP contribution >= 0.6 is 0 Å². The second-order valence-electron chi connectivity index (χ2n) is 9.09. The molecule has 3 aromatic rings. The van der Waals surface area contributed by atoms with Crippen molar-refractivity contribution in [1.29, 1.82) is 0 Å². The van der Waals surface area contributed by atoms with Crippen LogP contribution in [0.5, 0.6) is 5.75 Å². The zero-order chi connectivity index (χ0) is 25.9. The van der Waals surface area contributed by atoms with Crippen LogP contribution < -0.4 is 15.4 Å². The Morgan fingerprint density at radius 3 is 2.46 bits per heavy atom. The van der Waals surface area contributed by atoms with Crippen LogP contribution in [-0.4, -0.2) is 42.0 Å². The van der Waals surface area contributed by atoms with E-state index in [0.29, 0.717) is 22.6 Å². The number of hydrogen-bond donors (Lipinski definition) is 2. The van der Waals surface area contributed by atoms with E-state index in [1.807, 2.05) is 24.3 Å². The number of nitrogens with zero attached hydrogens (tertiary/aromatic N) is 1. The first-order valence-corrected chi connectivity index (χ1v) is 12.0. The van der Waals surface area contributed by atoms with Gasteiger partial charge in [-0.15, -0.1) is 0 Å². The van der Waals surface area contributed by atoms with E-state index in [1.165, 1.54) is 29.2 Å². The summed E-state index contributed by atoms with van der Waals surface area (Å²) in [4.78, 5) is 40.1. The van der Waals surface area contributed by atoms with Gasteiger partial charge in [-0.2, -0.15) is 0 Å². The molecule has 2 unspecified atom stereocenters. The monoisotopic (exact) mass is 503 g/mol. The van der Waals surface area contributed by atoms with Crippen molar-refractivity contribution in [1.82, 2.24) is 10.2 Å². The molecule has 2 N–H and O–H groups in total. The molecule has 37 heavy (non-hydrogen) atoms. The second kappa shape index (κ2) is 10.3. The first-order valence-electron chi connectivity index (χ1n) is 12.0. The zero-order valence-electron chi connectivity index (χ0n) is 20.1. The van der Waals surface area contributed by atoms with Crippen LogP contribution in [0.2, 0.25) is 0 Å². The number of rotatable bonds is 8. The van der Waals surface area contributed by atoms with Gasteiger partial charge >= 0.3 is 6.09 Å². The first-order chi connectivity index (χ1) is 17.9. The molecule has 1 aliphatic heterocycles. The summed E-state index contributed by atoms with van der Waals surface area (Å²) in [5, 5.41) is 5.75. The summed E-state index contributed by atoms with van der Waals surface area (Å²) >= 11 is 0. The van der Waals surface area contributed by atoms with Gasteiger partial charge in [-0.05, 0) is 72.5 Å². The molecule has 0 bridgehead atoms. The van der Waals surface area contributed by atoms with Crippen LogP contribution in [0.4, 0.5) is 14.9 Å². The third-order valence-corrected chi connectivity index (χ3v) is 6.37. The average molecular weight is 504 g/mol. The minimum Gasteiger partial charge on any atom is -0.497 e. The lowest BCUT2D eigenvalue weighted by molar-refractivity contribution is -0.126. The Kier molecular flexibility index (Phi) is 6.76. The van der Waals surface area contributed by atoms with Crippen LogP contribution in [0.25, 0.3) is 0 Å².